The van der Waals surface area contributed by atoms with Crippen molar-refractivity contribution in [2.24, 2.45) is 45.6 Å². The highest BCUT2D eigenvalue weighted by Gasteiger charge is 2.68. The Kier molecular flexibility index (Phi) is 4.86. The van der Waals surface area contributed by atoms with Crippen LogP contribution in [0.3, 0.4) is 0 Å². The van der Waals surface area contributed by atoms with E-state index >= 15 is 0 Å². The highest BCUT2D eigenvalue weighted by atomic mass is 16.7. The second-order valence-electron chi connectivity index (χ2n) is 12.0. The average Bonchev–Trinajstić information content (AvgIpc) is 3.47. The summed E-state index contributed by atoms with van der Waals surface area (Å²) in [5.74, 6) is 0.441. The molecule has 5 unspecified atom stereocenters. The minimum atomic E-state index is -0.642. The van der Waals surface area contributed by atoms with E-state index in [2.05, 4.69) is 25.9 Å². The first-order chi connectivity index (χ1) is 15.3. The van der Waals surface area contributed by atoms with Crippen molar-refractivity contribution in [3.05, 3.63) is 0 Å². The summed E-state index contributed by atoms with van der Waals surface area (Å²) in [6, 6.07) is 0. The number of hydrogen-bond acceptors (Lipinski definition) is 7. The van der Waals surface area contributed by atoms with Gasteiger partial charge in [0, 0.05) is 24.2 Å². The molecule has 32 heavy (non-hydrogen) atoms. The van der Waals surface area contributed by atoms with Crippen molar-refractivity contribution in [2.45, 2.75) is 83.4 Å². The summed E-state index contributed by atoms with van der Waals surface area (Å²) in [6.07, 6.45) is 6.03. The molecule has 6 aliphatic rings. The van der Waals surface area contributed by atoms with Crippen LogP contribution in [0.15, 0.2) is 5.16 Å². The molecule has 180 valence electrons. The van der Waals surface area contributed by atoms with Gasteiger partial charge in [-0.1, -0.05) is 19.0 Å². The quantitative estimate of drug-likeness (QED) is 0.470. The zero-order valence-electron chi connectivity index (χ0n) is 19.7. The summed E-state index contributed by atoms with van der Waals surface area (Å²) in [5.41, 5.74) is 0.422. The molecule has 0 bridgehead atoms. The predicted octanol–water partition coefficient (Wildman–Crippen LogP) is 3.56. The zero-order valence-corrected chi connectivity index (χ0v) is 19.7. The Morgan fingerprint density at radius 2 is 1.56 bits per heavy atom. The van der Waals surface area contributed by atoms with Gasteiger partial charge in [0.05, 0.1) is 38.2 Å². The normalized spacial score (nSPS) is 52.7. The van der Waals surface area contributed by atoms with Gasteiger partial charge in [0.25, 0.3) is 0 Å². The van der Waals surface area contributed by atoms with Crippen LogP contribution in [0.2, 0.25) is 0 Å². The Hall–Kier alpha value is -0.730. The lowest BCUT2D eigenvalue weighted by atomic mass is 9.43. The van der Waals surface area contributed by atoms with Crippen molar-refractivity contribution in [2.75, 3.05) is 26.4 Å². The monoisotopic (exact) mass is 449 g/mol. The highest BCUT2D eigenvalue weighted by Crippen LogP contribution is 2.69. The van der Waals surface area contributed by atoms with Gasteiger partial charge in [-0.15, -0.1) is 0 Å². The third-order valence-corrected chi connectivity index (χ3v) is 10.9. The minimum Gasteiger partial charge on any atom is -0.411 e. The minimum absolute atomic E-state index is 0.00699. The fraction of sp³-hybridized carbons (Fsp3) is 0.960. The van der Waals surface area contributed by atoms with Crippen LogP contribution < -0.4 is 0 Å². The molecule has 0 amide bonds. The molecule has 7 heteroatoms. The van der Waals surface area contributed by atoms with E-state index in [4.69, 9.17) is 18.9 Å². The van der Waals surface area contributed by atoms with Crippen LogP contribution in [0.25, 0.3) is 0 Å². The Bertz CT molecular complexity index is 789. The predicted molar refractivity (Wildman–Crippen MR) is 116 cm³/mol. The van der Waals surface area contributed by atoms with Crippen molar-refractivity contribution >= 4 is 5.71 Å². The van der Waals surface area contributed by atoms with Crippen LogP contribution >= 0.6 is 0 Å². The summed E-state index contributed by atoms with van der Waals surface area (Å²) in [6.45, 7) is 9.23. The molecule has 0 aromatic carbocycles. The number of oxime groups is 1. The Balaban J connectivity index is 1.34. The maximum absolute atomic E-state index is 11.8. The molecule has 0 aromatic rings. The van der Waals surface area contributed by atoms with E-state index in [9.17, 15) is 10.3 Å². The molecule has 2 heterocycles. The molecular formula is C25H39NO6. The summed E-state index contributed by atoms with van der Waals surface area (Å²) in [4.78, 5) is 0. The molecule has 2 saturated heterocycles. The first-order valence-corrected chi connectivity index (χ1v) is 12.7. The number of rotatable bonds is 1. The van der Waals surface area contributed by atoms with Gasteiger partial charge in [-0.2, -0.15) is 0 Å². The van der Waals surface area contributed by atoms with Crippen LogP contribution in [0, 0.1) is 40.4 Å². The summed E-state index contributed by atoms with van der Waals surface area (Å²) < 4.78 is 24.3. The topological polar surface area (TPSA) is 89.7 Å². The van der Waals surface area contributed by atoms with E-state index in [-0.39, 0.29) is 22.7 Å². The zero-order chi connectivity index (χ0) is 22.4. The van der Waals surface area contributed by atoms with Crippen molar-refractivity contribution in [3.63, 3.8) is 0 Å². The van der Waals surface area contributed by atoms with E-state index in [1.165, 1.54) is 0 Å². The van der Waals surface area contributed by atoms with E-state index in [1.54, 1.807) is 0 Å². The maximum Gasteiger partial charge on any atom is 0.174 e. The van der Waals surface area contributed by atoms with Crippen molar-refractivity contribution in [1.82, 2.24) is 0 Å². The molecule has 7 nitrogen and oxygen atoms in total. The third-order valence-electron chi connectivity index (χ3n) is 10.9. The number of hydrogen-bond donors (Lipinski definition) is 2. The van der Waals surface area contributed by atoms with E-state index < -0.39 is 17.7 Å². The summed E-state index contributed by atoms with van der Waals surface area (Å²) in [5, 5.41) is 25.7. The van der Waals surface area contributed by atoms with Gasteiger partial charge in [-0.3, -0.25) is 0 Å². The first-order valence-electron chi connectivity index (χ1n) is 12.7. The Morgan fingerprint density at radius 1 is 0.875 bits per heavy atom. The van der Waals surface area contributed by atoms with Gasteiger partial charge in [0.15, 0.2) is 11.6 Å². The van der Waals surface area contributed by atoms with Crippen molar-refractivity contribution in [1.29, 1.82) is 0 Å². The van der Waals surface area contributed by atoms with Crippen LogP contribution in [0.5, 0.6) is 0 Å². The molecular weight excluding hydrogens is 410 g/mol. The molecule has 4 saturated carbocycles. The maximum atomic E-state index is 11.8. The molecule has 6 fully saturated rings. The van der Waals surface area contributed by atoms with Gasteiger partial charge in [0.1, 0.15) is 0 Å². The first kappa shape index (κ1) is 21.8. The fourth-order valence-corrected chi connectivity index (χ4v) is 9.65. The Morgan fingerprint density at radius 3 is 2.25 bits per heavy atom. The molecule has 8 atom stereocenters. The Labute approximate surface area is 190 Å². The highest BCUT2D eigenvalue weighted by molar-refractivity contribution is 5.92. The summed E-state index contributed by atoms with van der Waals surface area (Å²) >= 11 is 0. The molecule has 6 rings (SSSR count). The van der Waals surface area contributed by atoms with Gasteiger partial charge in [0.2, 0.25) is 0 Å². The molecule has 1 spiro atoms. The second kappa shape index (κ2) is 7.14. The number of ether oxygens (including phenoxy) is 4. The molecule has 0 radical (unpaired) electrons. The van der Waals surface area contributed by atoms with Gasteiger partial charge in [-0.05, 0) is 68.1 Å². The van der Waals surface area contributed by atoms with Crippen LogP contribution in [0.1, 0.15) is 65.7 Å². The smallest absolute Gasteiger partial charge is 0.174 e. The van der Waals surface area contributed by atoms with Crippen LogP contribution in [-0.2, 0) is 18.9 Å². The van der Waals surface area contributed by atoms with Crippen molar-refractivity contribution < 1.29 is 29.3 Å². The average molecular weight is 450 g/mol. The van der Waals surface area contributed by atoms with Crippen LogP contribution in [-0.4, -0.2) is 60.1 Å². The summed E-state index contributed by atoms with van der Waals surface area (Å²) in [7, 11) is 0. The lowest BCUT2D eigenvalue weighted by Gasteiger charge is -2.63. The number of nitrogens with zero attached hydrogens (tertiary/aromatic N) is 1. The van der Waals surface area contributed by atoms with Crippen LogP contribution in [0.4, 0.5) is 0 Å². The molecule has 2 aliphatic heterocycles. The number of fused-ring (bicyclic) bond motifs is 5. The van der Waals surface area contributed by atoms with E-state index in [1.807, 2.05) is 0 Å². The lowest BCUT2D eigenvalue weighted by Crippen LogP contribution is -2.64. The number of aliphatic hydroxyl groups is 1. The SMILES string of the molecule is CC1(C2CC[C@H]3C4CC[C@@H]5CC6(CC(=NO)C5(C)C4[C@H](O)CC23C)OCCO6)OCCO1. The van der Waals surface area contributed by atoms with Gasteiger partial charge < -0.3 is 29.3 Å². The standard InChI is InChI=1S/C25H39NO6/c1-22-13-18(27)21-16(17(22)6-7-19(22)24(3)29-8-9-30-24)5-4-15-12-25(31-10-11-32-25)14-20(26-28)23(15,21)2/h15-19,21,27-28H,4-14H2,1-3H3/t15-,16?,17+,18-,19?,21?,22?,23?/m1/s1. The van der Waals surface area contributed by atoms with E-state index in [0.29, 0.717) is 50.6 Å². The van der Waals surface area contributed by atoms with Crippen molar-refractivity contribution in [3.8, 4) is 0 Å². The number of aliphatic hydroxyl groups excluding tert-OH is 1. The third kappa shape index (κ3) is 2.75. The lowest BCUT2D eigenvalue weighted by molar-refractivity contribution is -0.233. The van der Waals surface area contributed by atoms with Gasteiger partial charge >= 0.3 is 0 Å². The molecule has 4 aliphatic carbocycles. The second-order valence-corrected chi connectivity index (χ2v) is 12.0. The largest absolute Gasteiger partial charge is 0.411 e. The molecule has 2 N–H and O–H groups in total. The van der Waals surface area contributed by atoms with Gasteiger partial charge in [-0.25, -0.2) is 0 Å². The van der Waals surface area contributed by atoms with E-state index in [0.717, 1.165) is 44.2 Å². The fourth-order valence-electron chi connectivity index (χ4n) is 9.65. The molecule has 0 aromatic heterocycles.